The Morgan fingerprint density at radius 3 is 2.52 bits per heavy atom. The van der Waals surface area contributed by atoms with Crippen LogP contribution in [-0.4, -0.2) is 24.6 Å². The monoisotopic (exact) mass is 454 g/mol. The minimum atomic E-state index is -4.56. The third-order valence-corrected chi connectivity index (χ3v) is 5.99. The number of aromatic amines is 1. The highest BCUT2D eigenvalue weighted by Gasteiger charge is 2.37. The second kappa shape index (κ2) is 7.81. The van der Waals surface area contributed by atoms with E-state index in [0.29, 0.717) is 17.2 Å². The van der Waals surface area contributed by atoms with E-state index >= 15 is 0 Å². The number of benzene rings is 1. The third-order valence-electron chi connectivity index (χ3n) is 3.48. The molecule has 0 aliphatic rings. The summed E-state index contributed by atoms with van der Waals surface area (Å²) in [5, 5.41) is 0.308. The van der Waals surface area contributed by atoms with Gasteiger partial charge in [0.2, 0.25) is 0 Å². The van der Waals surface area contributed by atoms with Gasteiger partial charge >= 0.3 is 6.18 Å². The van der Waals surface area contributed by atoms with Crippen LogP contribution >= 0.6 is 27.5 Å². The van der Waals surface area contributed by atoms with E-state index < -0.39 is 19.9 Å². The number of halogens is 5. The molecule has 1 aromatic heterocycles. The highest BCUT2D eigenvalue weighted by atomic mass is 79.9. The number of alkyl halides is 3. The van der Waals surface area contributed by atoms with Crippen molar-refractivity contribution in [1.82, 2.24) is 9.97 Å². The summed E-state index contributed by atoms with van der Waals surface area (Å²) in [6.07, 6.45) is -4.56. The summed E-state index contributed by atoms with van der Waals surface area (Å²) in [6, 6.07) is 5.80. The van der Waals surface area contributed by atoms with Crippen molar-refractivity contribution in [3.63, 3.8) is 0 Å². The number of H-pyrrole nitrogens is 1. The topological polar surface area (TPSA) is 37.9 Å². The molecule has 0 atom stereocenters. The molecule has 25 heavy (non-hydrogen) atoms. The predicted octanol–water partition coefficient (Wildman–Crippen LogP) is 6.37. The van der Waals surface area contributed by atoms with Crippen LogP contribution in [-0.2, 0) is 17.5 Å². The van der Waals surface area contributed by atoms with Crippen LogP contribution in [0.1, 0.15) is 11.4 Å². The second-order valence-corrected chi connectivity index (χ2v) is 13.8. The molecule has 1 N–H and O–H groups in total. The number of rotatable bonds is 6. The van der Waals surface area contributed by atoms with Gasteiger partial charge in [0.25, 0.3) is 0 Å². The Hall–Kier alpha value is -0.833. The minimum Gasteiger partial charge on any atom is -0.375 e. The van der Waals surface area contributed by atoms with E-state index in [1.54, 1.807) is 18.2 Å². The number of aromatic nitrogens is 2. The van der Waals surface area contributed by atoms with Crippen molar-refractivity contribution in [1.29, 1.82) is 0 Å². The molecule has 0 unspecified atom stereocenters. The smallest absolute Gasteiger partial charge is 0.375 e. The molecule has 0 saturated carbocycles. The van der Waals surface area contributed by atoms with Crippen LogP contribution in [0.5, 0.6) is 0 Å². The summed E-state index contributed by atoms with van der Waals surface area (Å²) in [7, 11) is -1.30. The van der Waals surface area contributed by atoms with Gasteiger partial charge in [0.15, 0.2) is 5.69 Å². The molecule has 0 bridgehead atoms. The zero-order valence-electron chi connectivity index (χ0n) is 14.1. The van der Waals surface area contributed by atoms with Crippen molar-refractivity contribution >= 4 is 35.6 Å². The van der Waals surface area contributed by atoms with Crippen LogP contribution in [0.15, 0.2) is 22.7 Å². The maximum atomic E-state index is 13.3. The summed E-state index contributed by atoms with van der Waals surface area (Å²) >= 11 is 9.39. The molecule has 1 aromatic carbocycles. The molecule has 138 valence electrons. The van der Waals surface area contributed by atoms with Crippen molar-refractivity contribution in [2.24, 2.45) is 0 Å². The number of ether oxygens (including phenoxy) is 1. The van der Waals surface area contributed by atoms with Gasteiger partial charge in [-0.25, -0.2) is 4.98 Å². The maximum absolute atomic E-state index is 13.3. The van der Waals surface area contributed by atoms with Crippen LogP contribution in [0.25, 0.3) is 11.4 Å². The van der Waals surface area contributed by atoms with Gasteiger partial charge in [0.1, 0.15) is 5.82 Å². The van der Waals surface area contributed by atoms with Crippen molar-refractivity contribution in [2.45, 2.75) is 38.5 Å². The molecular weight excluding hydrogens is 437 g/mol. The van der Waals surface area contributed by atoms with E-state index in [0.717, 1.165) is 10.5 Å². The van der Waals surface area contributed by atoms with E-state index in [1.807, 2.05) is 0 Å². The number of hydrogen-bond acceptors (Lipinski definition) is 2. The van der Waals surface area contributed by atoms with Gasteiger partial charge in [-0.1, -0.05) is 47.2 Å². The lowest BCUT2D eigenvalue weighted by atomic mass is 10.2. The molecule has 9 heteroatoms. The molecule has 0 aliphatic heterocycles. The standard InChI is InChI=1S/C16H19BrClF3N2OSi/c1-25(2,3)7-6-24-9-13-14(16(19,20)21)23-15(22-13)11-5-4-10(17)8-12(11)18/h4-5,8H,6-7,9H2,1-3H3,(H,22,23). The van der Waals surface area contributed by atoms with E-state index in [2.05, 4.69) is 45.5 Å². The Bertz CT molecular complexity index is 744. The first-order valence-corrected chi connectivity index (χ1v) is 12.5. The van der Waals surface area contributed by atoms with E-state index in [4.69, 9.17) is 16.3 Å². The molecule has 0 aliphatic carbocycles. The maximum Gasteiger partial charge on any atom is 0.435 e. The van der Waals surface area contributed by atoms with E-state index in [1.165, 1.54) is 0 Å². The Morgan fingerprint density at radius 2 is 1.96 bits per heavy atom. The number of imidazole rings is 1. The molecule has 0 fully saturated rings. The van der Waals surface area contributed by atoms with Crippen LogP contribution in [0.4, 0.5) is 13.2 Å². The molecule has 0 saturated heterocycles. The summed E-state index contributed by atoms with van der Waals surface area (Å²) in [6.45, 7) is 6.81. The minimum absolute atomic E-state index is 0.0774. The first kappa shape index (κ1) is 20.5. The highest BCUT2D eigenvalue weighted by Crippen LogP contribution is 2.35. The van der Waals surface area contributed by atoms with Crippen LogP contribution in [0.2, 0.25) is 30.7 Å². The quantitative estimate of drug-likeness (QED) is 0.406. The molecule has 0 spiro atoms. The summed E-state index contributed by atoms with van der Waals surface area (Å²) in [5.74, 6) is 0.0774. The molecular formula is C16H19BrClF3N2OSi. The van der Waals surface area contributed by atoms with E-state index in [9.17, 15) is 13.2 Å². The van der Waals surface area contributed by atoms with Gasteiger partial charge in [-0.05, 0) is 24.2 Å². The lowest BCUT2D eigenvalue weighted by Crippen LogP contribution is -2.21. The summed E-state index contributed by atoms with van der Waals surface area (Å²) < 4.78 is 46.0. The predicted molar refractivity (Wildman–Crippen MR) is 99.5 cm³/mol. The zero-order chi connectivity index (χ0) is 18.8. The largest absolute Gasteiger partial charge is 0.435 e. The SMILES string of the molecule is C[Si](C)(C)CCOCc1[nH]c(-c2ccc(Br)cc2Cl)nc1C(F)(F)F. The second-order valence-electron chi connectivity index (χ2n) is 6.90. The van der Waals surface area contributed by atoms with Crippen molar-refractivity contribution in [3.8, 4) is 11.4 Å². The summed E-state index contributed by atoms with van der Waals surface area (Å²) in [4.78, 5) is 6.44. The third kappa shape index (κ3) is 5.84. The average molecular weight is 456 g/mol. The summed E-state index contributed by atoms with van der Waals surface area (Å²) in [5.41, 5.74) is -0.643. The van der Waals surface area contributed by atoms with Gasteiger partial charge in [0, 0.05) is 24.7 Å². The first-order valence-electron chi connectivity index (χ1n) is 7.66. The molecule has 1 heterocycles. The normalized spacial score (nSPS) is 12.6. The fourth-order valence-electron chi connectivity index (χ4n) is 2.11. The van der Waals surface area contributed by atoms with Crippen molar-refractivity contribution in [3.05, 3.63) is 39.1 Å². The lowest BCUT2D eigenvalue weighted by Gasteiger charge is -2.15. The fourth-order valence-corrected chi connectivity index (χ4v) is 3.63. The number of nitrogens with one attached hydrogen (secondary N) is 1. The Labute approximate surface area is 159 Å². The van der Waals surface area contributed by atoms with Crippen molar-refractivity contribution < 1.29 is 17.9 Å². The molecule has 0 radical (unpaired) electrons. The fraction of sp³-hybridized carbons (Fsp3) is 0.438. The van der Waals surface area contributed by atoms with Gasteiger partial charge < -0.3 is 9.72 Å². The zero-order valence-corrected chi connectivity index (χ0v) is 17.4. The van der Waals surface area contributed by atoms with E-state index in [-0.39, 0.29) is 18.1 Å². The average Bonchev–Trinajstić information content (AvgIpc) is 2.86. The molecule has 0 amide bonds. The Balaban J connectivity index is 2.25. The Kier molecular flexibility index (Phi) is 6.40. The Morgan fingerprint density at radius 1 is 1.28 bits per heavy atom. The van der Waals surface area contributed by atoms with Gasteiger partial charge in [-0.3, -0.25) is 0 Å². The molecule has 2 aromatic rings. The van der Waals surface area contributed by atoms with Crippen LogP contribution < -0.4 is 0 Å². The van der Waals surface area contributed by atoms with Crippen molar-refractivity contribution in [2.75, 3.05) is 6.61 Å². The lowest BCUT2D eigenvalue weighted by molar-refractivity contribution is -0.142. The van der Waals surface area contributed by atoms with Gasteiger partial charge in [-0.15, -0.1) is 0 Å². The first-order chi connectivity index (χ1) is 11.5. The number of hydrogen-bond donors (Lipinski definition) is 1. The number of nitrogens with zero attached hydrogens (tertiary/aromatic N) is 1. The molecule has 3 nitrogen and oxygen atoms in total. The molecule has 2 rings (SSSR count). The van der Waals surface area contributed by atoms with Crippen LogP contribution in [0, 0.1) is 0 Å². The highest BCUT2D eigenvalue weighted by molar-refractivity contribution is 9.10. The van der Waals surface area contributed by atoms with Crippen LogP contribution in [0.3, 0.4) is 0 Å². The van der Waals surface area contributed by atoms with Gasteiger partial charge in [0.05, 0.1) is 17.3 Å². The van der Waals surface area contributed by atoms with Gasteiger partial charge in [-0.2, -0.15) is 13.2 Å².